The van der Waals surface area contributed by atoms with E-state index in [0.29, 0.717) is 0 Å². The van der Waals surface area contributed by atoms with Gasteiger partial charge in [0, 0.05) is 12.0 Å². The number of hydrogen-bond acceptors (Lipinski definition) is 4. The molecule has 2 heterocycles. The summed E-state index contributed by atoms with van der Waals surface area (Å²) in [7, 11) is 0. The van der Waals surface area contributed by atoms with Crippen LogP contribution in [0.1, 0.15) is 37.7 Å². The highest BCUT2D eigenvalue weighted by atomic mass is 16.3. The number of aliphatic hydroxyl groups excluding tert-OH is 1. The number of pyridine rings is 1. The highest BCUT2D eigenvalue weighted by molar-refractivity contribution is 5.51. The summed E-state index contributed by atoms with van der Waals surface area (Å²) in [5.74, 6) is 0.955. The third kappa shape index (κ3) is 2.50. The summed E-state index contributed by atoms with van der Waals surface area (Å²) in [6.45, 7) is 3.11. The molecule has 0 saturated heterocycles. The van der Waals surface area contributed by atoms with E-state index in [2.05, 4.69) is 28.4 Å². The van der Waals surface area contributed by atoms with Gasteiger partial charge >= 0.3 is 0 Å². The molecule has 0 amide bonds. The zero-order chi connectivity index (χ0) is 14.0. The minimum atomic E-state index is 0.0227. The Labute approximate surface area is 119 Å². The van der Waals surface area contributed by atoms with Crippen LogP contribution in [-0.4, -0.2) is 32.9 Å². The van der Waals surface area contributed by atoms with E-state index < -0.39 is 0 Å². The van der Waals surface area contributed by atoms with E-state index in [1.807, 2.05) is 10.6 Å². The van der Waals surface area contributed by atoms with Gasteiger partial charge in [0.2, 0.25) is 0 Å². The van der Waals surface area contributed by atoms with Gasteiger partial charge in [-0.3, -0.25) is 0 Å². The van der Waals surface area contributed by atoms with E-state index in [-0.39, 0.29) is 12.0 Å². The Kier molecular flexibility index (Phi) is 3.61. The predicted octanol–water partition coefficient (Wildman–Crippen LogP) is 2.39. The molecule has 20 heavy (non-hydrogen) atoms. The topological polar surface area (TPSA) is 62.5 Å². The molecule has 0 aliphatic heterocycles. The van der Waals surface area contributed by atoms with Crippen LogP contribution in [0.2, 0.25) is 0 Å². The van der Waals surface area contributed by atoms with Crippen molar-refractivity contribution >= 4 is 11.5 Å². The minimum Gasteiger partial charge on any atom is -0.396 e. The normalized spacial score (nSPS) is 18.3. The Morgan fingerprint density at radius 3 is 2.85 bits per heavy atom. The quantitative estimate of drug-likeness (QED) is 0.898. The van der Waals surface area contributed by atoms with Gasteiger partial charge in [-0.1, -0.05) is 19.3 Å². The summed E-state index contributed by atoms with van der Waals surface area (Å²) < 4.78 is 1.82. The lowest BCUT2D eigenvalue weighted by molar-refractivity contribution is 0.0943. The Morgan fingerprint density at radius 2 is 2.10 bits per heavy atom. The molecule has 0 unspecified atom stereocenters. The zero-order valence-corrected chi connectivity index (χ0v) is 12.0. The lowest BCUT2D eigenvalue weighted by Crippen LogP contribution is -2.36. The number of hydrogen-bond donors (Lipinski definition) is 2. The van der Waals surface area contributed by atoms with Crippen LogP contribution in [0.25, 0.3) is 5.65 Å². The third-order valence-electron chi connectivity index (χ3n) is 4.42. The molecule has 0 spiro atoms. The van der Waals surface area contributed by atoms with Crippen LogP contribution in [-0.2, 0) is 0 Å². The predicted molar refractivity (Wildman–Crippen MR) is 78.8 cm³/mol. The number of fused-ring (bicyclic) bond motifs is 1. The molecule has 2 aromatic heterocycles. The smallest absolute Gasteiger partial charge is 0.157 e. The highest BCUT2D eigenvalue weighted by Gasteiger charge is 2.31. The molecule has 1 aliphatic carbocycles. The Morgan fingerprint density at radius 1 is 1.30 bits per heavy atom. The number of nitrogens with one attached hydrogen (secondary N) is 1. The maximum Gasteiger partial charge on any atom is 0.157 e. The molecule has 0 bridgehead atoms. The summed E-state index contributed by atoms with van der Waals surface area (Å²) in [4.78, 5) is 4.23. The Bertz CT molecular complexity index is 587. The van der Waals surface area contributed by atoms with Gasteiger partial charge in [-0.2, -0.15) is 9.61 Å². The van der Waals surface area contributed by atoms with Gasteiger partial charge in [-0.25, -0.2) is 4.98 Å². The molecule has 1 fully saturated rings. The second kappa shape index (κ2) is 5.40. The lowest BCUT2D eigenvalue weighted by atomic mass is 9.74. The number of aromatic nitrogens is 3. The summed E-state index contributed by atoms with van der Waals surface area (Å²) in [5, 5.41) is 17.5. The Hall–Kier alpha value is -1.62. The molecule has 1 aliphatic rings. The fourth-order valence-electron chi connectivity index (χ4n) is 3.15. The number of rotatable bonds is 4. The van der Waals surface area contributed by atoms with Crippen molar-refractivity contribution in [2.75, 3.05) is 18.5 Å². The van der Waals surface area contributed by atoms with Crippen LogP contribution in [0, 0.1) is 12.3 Å². The van der Waals surface area contributed by atoms with E-state index in [4.69, 9.17) is 0 Å². The van der Waals surface area contributed by atoms with Gasteiger partial charge in [0.15, 0.2) is 5.65 Å². The number of anilines is 1. The van der Waals surface area contributed by atoms with Crippen LogP contribution < -0.4 is 5.32 Å². The lowest BCUT2D eigenvalue weighted by Gasteiger charge is -2.36. The molecule has 5 heteroatoms. The fourth-order valence-corrected chi connectivity index (χ4v) is 3.15. The molecule has 108 valence electrons. The second-order valence-electron chi connectivity index (χ2n) is 6.02. The van der Waals surface area contributed by atoms with E-state index >= 15 is 0 Å². The van der Waals surface area contributed by atoms with Crippen molar-refractivity contribution in [1.29, 1.82) is 0 Å². The van der Waals surface area contributed by atoms with Crippen molar-refractivity contribution in [3.63, 3.8) is 0 Å². The molecular formula is C15H22N4O. The molecule has 3 rings (SSSR count). The molecule has 0 radical (unpaired) electrons. The summed E-state index contributed by atoms with van der Waals surface area (Å²) in [6.07, 6.45) is 7.50. The first-order valence-corrected chi connectivity index (χ1v) is 7.38. The fraction of sp³-hybridized carbons (Fsp3) is 0.600. The van der Waals surface area contributed by atoms with Crippen molar-refractivity contribution < 1.29 is 5.11 Å². The standard InChI is InChI=1S/C15H22N4O/c1-12-7-13(19-14(8-12)17-11-18-19)16-9-15(10-20)5-3-2-4-6-15/h7-8,11,16,20H,2-6,9-10H2,1H3. The number of aryl methyl sites for hydroxylation is 1. The van der Waals surface area contributed by atoms with E-state index in [1.54, 1.807) is 6.33 Å². The van der Waals surface area contributed by atoms with Gasteiger partial charge in [-0.15, -0.1) is 0 Å². The molecule has 2 aromatic rings. The van der Waals surface area contributed by atoms with Crippen molar-refractivity contribution in [2.45, 2.75) is 39.0 Å². The SMILES string of the molecule is Cc1cc(NCC2(CO)CCCCC2)n2ncnc2c1. The first-order valence-electron chi connectivity index (χ1n) is 7.38. The molecule has 0 aromatic carbocycles. The summed E-state index contributed by atoms with van der Waals surface area (Å²) in [5.41, 5.74) is 2.04. The van der Waals surface area contributed by atoms with Crippen LogP contribution in [0.3, 0.4) is 0 Å². The average Bonchev–Trinajstić information content (AvgIpc) is 2.94. The van der Waals surface area contributed by atoms with E-state index in [9.17, 15) is 5.11 Å². The molecule has 5 nitrogen and oxygen atoms in total. The molecule has 2 N–H and O–H groups in total. The first kappa shape index (κ1) is 13.4. The third-order valence-corrected chi connectivity index (χ3v) is 4.42. The van der Waals surface area contributed by atoms with Gasteiger partial charge in [0.05, 0.1) is 6.61 Å². The van der Waals surface area contributed by atoms with Crippen LogP contribution in [0.5, 0.6) is 0 Å². The minimum absolute atomic E-state index is 0.0227. The van der Waals surface area contributed by atoms with Gasteiger partial charge in [-0.05, 0) is 37.5 Å². The number of aliphatic hydroxyl groups is 1. The second-order valence-corrected chi connectivity index (χ2v) is 6.02. The molecular weight excluding hydrogens is 252 g/mol. The zero-order valence-electron chi connectivity index (χ0n) is 12.0. The monoisotopic (exact) mass is 274 g/mol. The summed E-state index contributed by atoms with van der Waals surface area (Å²) >= 11 is 0. The van der Waals surface area contributed by atoms with Gasteiger partial charge in [0.1, 0.15) is 12.1 Å². The average molecular weight is 274 g/mol. The van der Waals surface area contributed by atoms with Gasteiger partial charge < -0.3 is 10.4 Å². The van der Waals surface area contributed by atoms with E-state index in [1.165, 1.54) is 19.3 Å². The maximum absolute atomic E-state index is 9.77. The summed E-state index contributed by atoms with van der Waals surface area (Å²) in [6, 6.07) is 4.09. The highest BCUT2D eigenvalue weighted by Crippen LogP contribution is 2.36. The van der Waals surface area contributed by atoms with Crippen LogP contribution >= 0.6 is 0 Å². The molecule has 1 saturated carbocycles. The van der Waals surface area contributed by atoms with E-state index in [0.717, 1.165) is 36.4 Å². The van der Waals surface area contributed by atoms with Crippen molar-refractivity contribution in [3.05, 3.63) is 24.0 Å². The van der Waals surface area contributed by atoms with Crippen molar-refractivity contribution in [3.8, 4) is 0 Å². The Balaban J connectivity index is 1.80. The largest absolute Gasteiger partial charge is 0.396 e. The van der Waals surface area contributed by atoms with Crippen molar-refractivity contribution in [1.82, 2.24) is 14.6 Å². The van der Waals surface area contributed by atoms with Crippen molar-refractivity contribution in [2.24, 2.45) is 5.41 Å². The number of nitrogens with zero attached hydrogens (tertiary/aromatic N) is 3. The van der Waals surface area contributed by atoms with Crippen LogP contribution in [0.4, 0.5) is 5.82 Å². The molecule has 0 atom stereocenters. The first-order chi connectivity index (χ1) is 9.72. The van der Waals surface area contributed by atoms with Crippen LogP contribution in [0.15, 0.2) is 18.5 Å². The maximum atomic E-state index is 9.77. The van der Waals surface area contributed by atoms with Gasteiger partial charge in [0.25, 0.3) is 0 Å².